The van der Waals surface area contributed by atoms with E-state index in [1.165, 1.54) is 11.1 Å². The normalized spacial score (nSPS) is 12.6. The summed E-state index contributed by atoms with van der Waals surface area (Å²) in [5.74, 6) is 1.86. The summed E-state index contributed by atoms with van der Waals surface area (Å²) in [4.78, 5) is 5.00. The lowest BCUT2D eigenvalue weighted by atomic mass is 9.96. The fraction of sp³-hybridized carbons (Fsp3) is 0.269. The molecule has 0 saturated carbocycles. The molecule has 0 aliphatic rings. The first-order valence-electron chi connectivity index (χ1n) is 10.4. The highest BCUT2D eigenvalue weighted by atomic mass is 35.5. The standard InChI is InChI=1S/C26H26Cl2N2/c1-17(2)14-19-8-10-20(11-9-19)18(3)26-29-24-6-4-5-7-25(24)30(26)16-21-12-13-22(27)15-23(21)28/h4-13,15,17-18H,14,16H2,1-3H3/t18-/m1/s1. The van der Waals surface area contributed by atoms with Gasteiger partial charge in [-0.1, -0.05) is 86.4 Å². The lowest BCUT2D eigenvalue weighted by Gasteiger charge is -2.17. The molecular weight excluding hydrogens is 411 g/mol. The van der Waals surface area contributed by atoms with Crippen molar-refractivity contribution >= 4 is 34.2 Å². The number of hydrogen-bond donors (Lipinski definition) is 0. The molecule has 4 heteroatoms. The summed E-state index contributed by atoms with van der Waals surface area (Å²) in [7, 11) is 0. The van der Waals surface area contributed by atoms with Crippen LogP contribution >= 0.6 is 23.2 Å². The van der Waals surface area contributed by atoms with Gasteiger partial charge in [-0.05, 0) is 53.3 Å². The highest BCUT2D eigenvalue weighted by Crippen LogP contribution is 2.30. The first-order valence-corrected chi connectivity index (χ1v) is 11.2. The molecule has 1 heterocycles. The molecule has 0 aliphatic carbocycles. The number of para-hydroxylation sites is 2. The number of aromatic nitrogens is 2. The number of nitrogens with zero attached hydrogens (tertiary/aromatic N) is 2. The Balaban J connectivity index is 1.74. The molecule has 0 amide bonds. The first kappa shape index (κ1) is 21.0. The average molecular weight is 437 g/mol. The van der Waals surface area contributed by atoms with Crippen LogP contribution in [0.5, 0.6) is 0 Å². The minimum Gasteiger partial charge on any atom is -0.323 e. The molecule has 0 radical (unpaired) electrons. The Labute approximate surface area is 188 Å². The lowest BCUT2D eigenvalue weighted by molar-refractivity contribution is 0.646. The largest absolute Gasteiger partial charge is 0.323 e. The van der Waals surface area contributed by atoms with Gasteiger partial charge >= 0.3 is 0 Å². The van der Waals surface area contributed by atoms with Gasteiger partial charge in [-0.2, -0.15) is 0 Å². The summed E-state index contributed by atoms with van der Waals surface area (Å²) in [6.07, 6.45) is 1.10. The van der Waals surface area contributed by atoms with Crippen LogP contribution in [0.15, 0.2) is 66.7 Å². The van der Waals surface area contributed by atoms with E-state index in [9.17, 15) is 0 Å². The van der Waals surface area contributed by atoms with Crippen molar-refractivity contribution in [2.75, 3.05) is 0 Å². The SMILES string of the molecule is CC(C)Cc1ccc([C@@H](C)c2nc3ccccc3n2Cc2ccc(Cl)cc2Cl)cc1. The molecule has 30 heavy (non-hydrogen) atoms. The molecule has 0 N–H and O–H groups in total. The zero-order valence-electron chi connectivity index (χ0n) is 17.6. The Hall–Kier alpha value is -2.29. The molecule has 0 bridgehead atoms. The molecule has 0 saturated heterocycles. The minimum absolute atomic E-state index is 0.163. The second kappa shape index (κ2) is 8.83. The second-order valence-corrected chi connectivity index (χ2v) is 9.19. The predicted molar refractivity (Wildman–Crippen MR) is 128 cm³/mol. The minimum atomic E-state index is 0.163. The van der Waals surface area contributed by atoms with E-state index in [2.05, 4.69) is 67.8 Å². The lowest BCUT2D eigenvalue weighted by Crippen LogP contribution is -2.10. The molecule has 0 aliphatic heterocycles. The highest BCUT2D eigenvalue weighted by Gasteiger charge is 2.19. The van der Waals surface area contributed by atoms with Crippen LogP contribution in [0.4, 0.5) is 0 Å². The van der Waals surface area contributed by atoms with E-state index in [1.54, 1.807) is 6.07 Å². The number of hydrogen-bond acceptors (Lipinski definition) is 1. The van der Waals surface area contributed by atoms with Crippen LogP contribution in [-0.4, -0.2) is 9.55 Å². The summed E-state index contributed by atoms with van der Waals surface area (Å²) < 4.78 is 2.27. The van der Waals surface area contributed by atoms with Crippen molar-refractivity contribution in [2.24, 2.45) is 5.92 Å². The number of halogens is 2. The van der Waals surface area contributed by atoms with Crippen molar-refractivity contribution in [3.05, 3.63) is 99.3 Å². The van der Waals surface area contributed by atoms with Crippen molar-refractivity contribution < 1.29 is 0 Å². The van der Waals surface area contributed by atoms with Gasteiger partial charge in [0.25, 0.3) is 0 Å². The Morgan fingerprint density at radius 1 is 0.900 bits per heavy atom. The van der Waals surface area contributed by atoms with Gasteiger partial charge in [0.1, 0.15) is 5.82 Å². The van der Waals surface area contributed by atoms with Gasteiger partial charge in [0.05, 0.1) is 17.6 Å². The molecule has 0 spiro atoms. The van der Waals surface area contributed by atoms with E-state index >= 15 is 0 Å². The third-order valence-electron chi connectivity index (χ3n) is 5.54. The van der Waals surface area contributed by atoms with Gasteiger partial charge in [-0.25, -0.2) is 4.98 Å². The maximum absolute atomic E-state index is 6.49. The number of imidazole rings is 1. The fourth-order valence-electron chi connectivity index (χ4n) is 3.97. The summed E-state index contributed by atoms with van der Waals surface area (Å²) in [6.45, 7) is 7.38. The van der Waals surface area contributed by atoms with Crippen LogP contribution in [0.25, 0.3) is 11.0 Å². The third-order valence-corrected chi connectivity index (χ3v) is 6.13. The Kier molecular flexibility index (Phi) is 6.17. The van der Waals surface area contributed by atoms with E-state index in [1.807, 2.05) is 18.2 Å². The van der Waals surface area contributed by atoms with Gasteiger partial charge < -0.3 is 4.57 Å². The highest BCUT2D eigenvalue weighted by molar-refractivity contribution is 6.35. The molecule has 4 aromatic rings. The van der Waals surface area contributed by atoms with Crippen molar-refractivity contribution in [1.29, 1.82) is 0 Å². The topological polar surface area (TPSA) is 17.8 Å². The average Bonchev–Trinajstić information content (AvgIpc) is 3.08. The molecule has 0 unspecified atom stereocenters. The van der Waals surface area contributed by atoms with E-state index in [0.29, 0.717) is 22.5 Å². The van der Waals surface area contributed by atoms with Crippen molar-refractivity contribution in [2.45, 2.75) is 39.7 Å². The Bertz CT molecular complexity index is 1160. The smallest absolute Gasteiger partial charge is 0.117 e. The van der Waals surface area contributed by atoms with Crippen LogP contribution < -0.4 is 0 Å². The van der Waals surface area contributed by atoms with E-state index < -0.39 is 0 Å². The summed E-state index contributed by atoms with van der Waals surface area (Å²) in [5, 5.41) is 1.33. The van der Waals surface area contributed by atoms with Gasteiger partial charge in [0.2, 0.25) is 0 Å². The fourth-order valence-corrected chi connectivity index (χ4v) is 4.44. The monoisotopic (exact) mass is 436 g/mol. The Morgan fingerprint density at radius 3 is 2.33 bits per heavy atom. The maximum Gasteiger partial charge on any atom is 0.117 e. The molecule has 1 aromatic heterocycles. The van der Waals surface area contributed by atoms with Crippen LogP contribution in [0.2, 0.25) is 10.0 Å². The maximum atomic E-state index is 6.49. The van der Waals surface area contributed by atoms with Crippen molar-refractivity contribution in [3.63, 3.8) is 0 Å². The number of fused-ring (bicyclic) bond motifs is 1. The molecule has 2 nitrogen and oxygen atoms in total. The zero-order chi connectivity index (χ0) is 21.3. The number of rotatable bonds is 6. The Morgan fingerprint density at radius 2 is 1.63 bits per heavy atom. The first-order chi connectivity index (χ1) is 14.4. The van der Waals surface area contributed by atoms with Crippen LogP contribution in [0, 0.1) is 5.92 Å². The number of benzene rings is 3. The quantitative estimate of drug-likeness (QED) is 0.302. The van der Waals surface area contributed by atoms with Crippen molar-refractivity contribution in [1.82, 2.24) is 9.55 Å². The van der Waals surface area contributed by atoms with Crippen molar-refractivity contribution in [3.8, 4) is 0 Å². The van der Waals surface area contributed by atoms with E-state index in [4.69, 9.17) is 28.2 Å². The predicted octanol–water partition coefficient (Wildman–Crippen LogP) is 7.74. The molecule has 0 fully saturated rings. The van der Waals surface area contributed by atoms with Crippen LogP contribution in [0.1, 0.15) is 49.2 Å². The molecule has 154 valence electrons. The molecule has 1 atom stereocenters. The summed E-state index contributed by atoms with van der Waals surface area (Å²) in [5.41, 5.74) is 5.79. The van der Waals surface area contributed by atoms with E-state index in [-0.39, 0.29) is 5.92 Å². The van der Waals surface area contributed by atoms with Gasteiger partial charge in [-0.3, -0.25) is 0 Å². The summed E-state index contributed by atoms with van der Waals surface area (Å²) >= 11 is 12.6. The van der Waals surface area contributed by atoms with Crippen LogP contribution in [-0.2, 0) is 13.0 Å². The van der Waals surface area contributed by atoms with Gasteiger partial charge in [0, 0.05) is 16.0 Å². The second-order valence-electron chi connectivity index (χ2n) is 8.34. The molecular formula is C26H26Cl2N2. The molecule has 3 aromatic carbocycles. The summed E-state index contributed by atoms with van der Waals surface area (Å²) in [6, 6.07) is 22.9. The molecule has 4 rings (SSSR count). The third kappa shape index (κ3) is 4.40. The zero-order valence-corrected chi connectivity index (χ0v) is 19.1. The van der Waals surface area contributed by atoms with Gasteiger partial charge in [0.15, 0.2) is 0 Å². The van der Waals surface area contributed by atoms with Crippen LogP contribution in [0.3, 0.4) is 0 Å². The van der Waals surface area contributed by atoms with Gasteiger partial charge in [-0.15, -0.1) is 0 Å². The van der Waals surface area contributed by atoms with E-state index in [0.717, 1.165) is 28.8 Å².